The lowest BCUT2D eigenvalue weighted by molar-refractivity contribution is 0.242. The van der Waals surface area contributed by atoms with E-state index in [1.165, 1.54) is 18.9 Å². The van der Waals surface area contributed by atoms with Crippen molar-refractivity contribution in [2.24, 2.45) is 5.92 Å². The van der Waals surface area contributed by atoms with E-state index < -0.39 is 0 Å². The summed E-state index contributed by atoms with van der Waals surface area (Å²) in [5, 5.41) is 16.0. The first-order valence-corrected chi connectivity index (χ1v) is 8.61. The summed E-state index contributed by atoms with van der Waals surface area (Å²) in [6.07, 6.45) is 4.59. The highest BCUT2D eigenvalue weighted by Gasteiger charge is 2.28. The fraction of sp³-hybridized carbons (Fsp3) is 0.316. The number of halogens is 1. The Morgan fingerprint density at radius 3 is 2.58 bits per heavy atom. The fourth-order valence-electron chi connectivity index (χ4n) is 3.36. The van der Waals surface area contributed by atoms with Gasteiger partial charge in [0.25, 0.3) is 0 Å². The number of nitrogens with one attached hydrogen (secondary N) is 2. The second-order valence-electron chi connectivity index (χ2n) is 6.23. The second kappa shape index (κ2) is 7.58. The van der Waals surface area contributed by atoms with E-state index in [4.69, 9.17) is 11.6 Å². The molecule has 1 aliphatic carbocycles. The van der Waals surface area contributed by atoms with Crippen molar-refractivity contribution in [3.8, 4) is 5.75 Å². The van der Waals surface area contributed by atoms with Crippen molar-refractivity contribution < 1.29 is 9.90 Å². The van der Waals surface area contributed by atoms with E-state index in [0.29, 0.717) is 16.6 Å². The van der Waals surface area contributed by atoms with Crippen molar-refractivity contribution in [1.29, 1.82) is 0 Å². The Bertz CT molecular complexity index is 714. The molecular weight excluding hydrogens is 324 g/mol. The molecule has 24 heavy (non-hydrogen) atoms. The molecule has 0 bridgehead atoms. The van der Waals surface area contributed by atoms with E-state index in [1.807, 2.05) is 24.3 Å². The average Bonchev–Trinajstić information content (AvgIpc) is 3.07. The van der Waals surface area contributed by atoms with Crippen LogP contribution in [0.1, 0.15) is 37.3 Å². The summed E-state index contributed by atoms with van der Waals surface area (Å²) >= 11 is 6.12. The van der Waals surface area contributed by atoms with Gasteiger partial charge in [0.15, 0.2) is 0 Å². The molecule has 1 aliphatic rings. The number of anilines is 1. The number of aromatic hydroxyl groups is 1. The second-order valence-corrected chi connectivity index (χ2v) is 6.66. The predicted octanol–water partition coefficient (Wildman–Crippen LogP) is 5.10. The van der Waals surface area contributed by atoms with E-state index >= 15 is 0 Å². The number of phenols is 1. The van der Waals surface area contributed by atoms with Gasteiger partial charge in [-0.25, -0.2) is 4.79 Å². The van der Waals surface area contributed by atoms with Crippen LogP contribution in [0.4, 0.5) is 10.5 Å². The first-order chi connectivity index (χ1) is 11.6. The highest BCUT2D eigenvalue weighted by molar-refractivity contribution is 6.30. The molecule has 2 aromatic carbocycles. The van der Waals surface area contributed by atoms with Crippen LogP contribution < -0.4 is 10.6 Å². The Morgan fingerprint density at radius 1 is 1.12 bits per heavy atom. The maximum absolute atomic E-state index is 12.4. The zero-order valence-corrected chi connectivity index (χ0v) is 14.1. The molecular formula is C19H21ClN2O2. The van der Waals surface area contributed by atoms with Crippen LogP contribution in [-0.4, -0.2) is 11.1 Å². The number of hydrogen-bond acceptors (Lipinski definition) is 2. The van der Waals surface area contributed by atoms with Crippen LogP contribution in [0.2, 0.25) is 5.02 Å². The zero-order valence-electron chi connectivity index (χ0n) is 13.3. The van der Waals surface area contributed by atoms with Gasteiger partial charge < -0.3 is 15.7 Å². The third-order valence-electron chi connectivity index (χ3n) is 4.47. The Labute approximate surface area is 146 Å². The third-order valence-corrected chi connectivity index (χ3v) is 4.70. The van der Waals surface area contributed by atoms with E-state index in [2.05, 4.69) is 10.6 Å². The van der Waals surface area contributed by atoms with Crippen molar-refractivity contribution in [1.82, 2.24) is 5.32 Å². The van der Waals surface area contributed by atoms with Gasteiger partial charge in [0.05, 0.1) is 6.04 Å². The van der Waals surface area contributed by atoms with Crippen LogP contribution in [0.3, 0.4) is 0 Å². The van der Waals surface area contributed by atoms with Crippen LogP contribution in [0, 0.1) is 5.92 Å². The minimum absolute atomic E-state index is 0.0662. The number of benzene rings is 2. The number of urea groups is 1. The van der Waals surface area contributed by atoms with Crippen molar-refractivity contribution >= 4 is 23.3 Å². The van der Waals surface area contributed by atoms with E-state index in [9.17, 15) is 9.90 Å². The van der Waals surface area contributed by atoms with Gasteiger partial charge in [0.2, 0.25) is 0 Å². The molecule has 0 aromatic heterocycles. The third kappa shape index (κ3) is 4.20. The number of carbonyl (C=O) groups is 1. The van der Waals surface area contributed by atoms with Crippen LogP contribution in [0.15, 0.2) is 48.5 Å². The van der Waals surface area contributed by atoms with Gasteiger partial charge in [0.1, 0.15) is 5.75 Å². The molecule has 126 valence electrons. The molecule has 0 radical (unpaired) electrons. The molecule has 1 fully saturated rings. The van der Waals surface area contributed by atoms with E-state index in [0.717, 1.165) is 18.4 Å². The molecule has 0 heterocycles. The van der Waals surface area contributed by atoms with Crippen molar-refractivity contribution in [3.63, 3.8) is 0 Å². The van der Waals surface area contributed by atoms with Gasteiger partial charge in [0, 0.05) is 16.8 Å². The number of carbonyl (C=O) groups excluding carboxylic acids is 1. The number of hydrogen-bond donors (Lipinski definition) is 3. The SMILES string of the molecule is O=C(Nc1cccc(O)c1)NC(c1cccc(Cl)c1)C1CCCC1. The average molecular weight is 345 g/mol. The summed E-state index contributed by atoms with van der Waals surface area (Å²) in [5.74, 6) is 0.536. The normalized spacial score (nSPS) is 15.9. The highest BCUT2D eigenvalue weighted by Crippen LogP contribution is 2.36. The van der Waals surface area contributed by atoms with Crippen molar-refractivity contribution in [3.05, 3.63) is 59.1 Å². The van der Waals surface area contributed by atoms with Crippen LogP contribution in [-0.2, 0) is 0 Å². The summed E-state index contributed by atoms with van der Waals surface area (Å²) in [6, 6.07) is 13.8. The molecule has 1 saturated carbocycles. The minimum atomic E-state index is -0.280. The lowest BCUT2D eigenvalue weighted by Crippen LogP contribution is -2.35. The highest BCUT2D eigenvalue weighted by atomic mass is 35.5. The van der Waals surface area contributed by atoms with Gasteiger partial charge in [-0.3, -0.25) is 0 Å². The molecule has 3 rings (SSSR count). The van der Waals surface area contributed by atoms with E-state index in [-0.39, 0.29) is 17.8 Å². The standard InChI is InChI=1S/C19H21ClN2O2/c20-15-8-3-7-14(11-15)18(13-5-1-2-6-13)22-19(24)21-16-9-4-10-17(23)12-16/h3-4,7-13,18,23H,1-2,5-6H2,(H2,21,22,24). The van der Waals surface area contributed by atoms with E-state index in [1.54, 1.807) is 18.2 Å². The summed E-state index contributed by atoms with van der Waals surface area (Å²) in [6.45, 7) is 0. The summed E-state index contributed by atoms with van der Waals surface area (Å²) in [5.41, 5.74) is 1.59. The lowest BCUT2D eigenvalue weighted by atomic mass is 9.92. The van der Waals surface area contributed by atoms with Crippen LogP contribution in [0.25, 0.3) is 0 Å². The molecule has 3 N–H and O–H groups in total. The number of phenolic OH excluding ortho intramolecular Hbond substituents is 1. The quantitative estimate of drug-likeness (QED) is 0.722. The topological polar surface area (TPSA) is 61.4 Å². The van der Waals surface area contributed by atoms with Crippen molar-refractivity contribution in [2.45, 2.75) is 31.7 Å². The molecule has 4 nitrogen and oxygen atoms in total. The Hall–Kier alpha value is -2.20. The summed E-state index contributed by atoms with van der Waals surface area (Å²) in [4.78, 5) is 12.4. The van der Waals surface area contributed by atoms with Gasteiger partial charge in [-0.1, -0.05) is 42.6 Å². The summed E-state index contributed by atoms with van der Waals surface area (Å²) < 4.78 is 0. The van der Waals surface area contributed by atoms with Crippen molar-refractivity contribution in [2.75, 3.05) is 5.32 Å². The lowest BCUT2D eigenvalue weighted by Gasteiger charge is -2.25. The predicted molar refractivity (Wildman–Crippen MR) is 96.4 cm³/mol. The maximum atomic E-state index is 12.4. The van der Waals surface area contributed by atoms with Gasteiger partial charge >= 0.3 is 6.03 Å². The molecule has 0 saturated heterocycles. The molecule has 5 heteroatoms. The Morgan fingerprint density at radius 2 is 1.88 bits per heavy atom. The van der Waals surface area contributed by atoms with Crippen LogP contribution >= 0.6 is 11.6 Å². The molecule has 0 aliphatic heterocycles. The number of rotatable bonds is 4. The fourth-order valence-corrected chi connectivity index (χ4v) is 3.55. The molecule has 0 spiro atoms. The molecule has 2 amide bonds. The first-order valence-electron chi connectivity index (χ1n) is 8.24. The van der Waals surface area contributed by atoms with Crippen LogP contribution in [0.5, 0.6) is 5.75 Å². The number of amides is 2. The minimum Gasteiger partial charge on any atom is -0.508 e. The zero-order chi connectivity index (χ0) is 16.9. The van der Waals surface area contributed by atoms with Gasteiger partial charge in [-0.05, 0) is 48.6 Å². The first kappa shape index (κ1) is 16.7. The molecule has 1 unspecified atom stereocenters. The molecule has 1 atom stereocenters. The largest absolute Gasteiger partial charge is 0.508 e. The Kier molecular flexibility index (Phi) is 5.26. The van der Waals surface area contributed by atoms with Gasteiger partial charge in [-0.15, -0.1) is 0 Å². The monoisotopic (exact) mass is 344 g/mol. The van der Waals surface area contributed by atoms with Gasteiger partial charge in [-0.2, -0.15) is 0 Å². The smallest absolute Gasteiger partial charge is 0.319 e. The Balaban J connectivity index is 1.75. The summed E-state index contributed by atoms with van der Waals surface area (Å²) in [7, 11) is 0. The maximum Gasteiger partial charge on any atom is 0.319 e. The molecule has 2 aromatic rings.